The second-order valence-corrected chi connectivity index (χ2v) is 6.88. The Kier molecular flexibility index (Phi) is 6.29. The summed E-state index contributed by atoms with van der Waals surface area (Å²) in [6.45, 7) is 1.31. The van der Waals surface area contributed by atoms with Crippen molar-refractivity contribution in [3.8, 4) is 5.75 Å². The van der Waals surface area contributed by atoms with Gasteiger partial charge in [-0.25, -0.2) is 0 Å². The van der Waals surface area contributed by atoms with Gasteiger partial charge < -0.3 is 19.9 Å². The average Bonchev–Trinajstić information content (AvgIpc) is 2.68. The van der Waals surface area contributed by atoms with Crippen molar-refractivity contribution in [2.75, 3.05) is 26.9 Å². The lowest BCUT2D eigenvalue weighted by atomic mass is 9.86. The second kappa shape index (κ2) is 8.86. The normalized spacial score (nSPS) is 16.0. The molecule has 0 radical (unpaired) electrons. The van der Waals surface area contributed by atoms with E-state index in [1.54, 1.807) is 7.11 Å². The highest BCUT2D eigenvalue weighted by Crippen LogP contribution is 2.25. The molecule has 6 heteroatoms. The first kappa shape index (κ1) is 19.2. The van der Waals surface area contributed by atoms with Gasteiger partial charge in [0.2, 0.25) is 5.91 Å². The Morgan fingerprint density at radius 3 is 2.74 bits per heavy atom. The standard InChI is InChI=1S/C21H25NO5/c1-26-17-6-5-14-3-2-4-16(18(14)12-17)11-20(23)22-13-19(21(24)25)15-7-9-27-10-8-15/h2-6,12,15,19H,7-11,13H2,1H3,(H,22,23)(H,24,25). The molecule has 0 aliphatic carbocycles. The number of hydrogen-bond acceptors (Lipinski definition) is 4. The van der Waals surface area contributed by atoms with Crippen molar-refractivity contribution in [3.63, 3.8) is 0 Å². The molecule has 3 rings (SSSR count). The molecule has 2 aromatic carbocycles. The van der Waals surface area contributed by atoms with E-state index < -0.39 is 11.9 Å². The summed E-state index contributed by atoms with van der Waals surface area (Å²) in [4.78, 5) is 24.1. The fourth-order valence-electron chi connectivity index (χ4n) is 3.63. The molecule has 1 fully saturated rings. The van der Waals surface area contributed by atoms with E-state index in [0.717, 1.165) is 34.9 Å². The van der Waals surface area contributed by atoms with Gasteiger partial charge in [-0.2, -0.15) is 0 Å². The lowest BCUT2D eigenvalue weighted by Gasteiger charge is -2.27. The molecule has 1 unspecified atom stereocenters. The molecule has 6 nitrogen and oxygen atoms in total. The molecule has 2 N–H and O–H groups in total. The molecule has 1 atom stereocenters. The van der Waals surface area contributed by atoms with Crippen LogP contribution in [0.2, 0.25) is 0 Å². The molecule has 0 saturated carbocycles. The molecular formula is C21H25NO5. The zero-order valence-corrected chi connectivity index (χ0v) is 15.4. The second-order valence-electron chi connectivity index (χ2n) is 6.88. The van der Waals surface area contributed by atoms with Gasteiger partial charge in [0.25, 0.3) is 0 Å². The van der Waals surface area contributed by atoms with Crippen LogP contribution in [0.1, 0.15) is 18.4 Å². The third kappa shape index (κ3) is 4.77. The third-order valence-electron chi connectivity index (χ3n) is 5.20. The number of carboxylic acids is 1. The zero-order valence-electron chi connectivity index (χ0n) is 15.4. The topological polar surface area (TPSA) is 84.9 Å². The van der Waals surface area contributed by atoms with E-state index in [9.17, 15) is 14.7 Å². The van der Waals surface area contributed by atoms with Gasteiger partial charge in [-0.1, -0.05) is 24.3 Å². The van der Waals surface area contributed by atoms with Crippen molar-refractivity contribution in [1.29, 1.82) is 0 Å². The number of benzene rings is 2. The van der Waals surface area contributed by atoms with Crippen molar-refractivity contribution < 1.29 is 24.2 Å². The Labute approximate surface area is 158 Å². The van der Waals surface area contributed by atoms with E-state index in [0.29, 0.717) is 13.2 Å². The summed E-state index contributed by atoms with van der Waals surface area (Å²) in [5, 5.41) is 14.3. The number of carboxylic acid groups (broad SMARTS) is 1. The highest BCUT2D eigenvalue weighted by atomic mass is 16.5. The van der Waals surface area contributed by atoms with Crippen molar-refractivity contribution in [1.82, 2.24) is 5.32 Å². The molecule has 144 valence electrons. The van der Waals surface area contributed by atoms with Crippen molar-refractivity contribution in [3.05, 3.63) is 42.0 Å². The minimum Gasteiger partial charge on any atom is -0.497 e. The number of amides is 1. The van der Waals surface area contributed by atoms with Crippen LogP contribution in [0.25, 0.3) is 10.8 Å². The Morgan fingerprint density at radius 1 is 1.26 bits per heavy atom. The zero-order chi connectivity index (χ0) is 19.2. The Hall–Kier alpha value is -2.60. The van der Waals surface area contributed by atoms with Crippen LogP contribution in [0.3, 0.4) is 0 Å². The molecule has 27 heavy (non-hydrogen) atoms. The van der Waals surface area contributed by atoms with Gasteiger partial charge in [0.15, 0.2) is 0 Å². The summed E-state index contributed by atoms with van der Waals surface area (Å²) in [6, 6.07) is 11.6. The van der Waals surface area contributed by atoms with Crippen LogP contribution >= 0.6 is 0 Å². The maximum Gasteiger partial charge on any atom is 0.308 e. The number of ether oxygens (including phenoxy) is 2. The van der Waals surface area contributed by atoms with E-state index in [1.807, 2.05) is 36.4 Å². The summed E-state index contributed by atoms with van der Waals surface area (Å²) in [6.07, 6.45) is 1.64. The van der Waals surface area contributed by atoms with E-state index in [-0.39, 0.29) is 24.8 Å². The SMILES string of the molecule is COc1ccc2cccc(CC(=O)NCC(C(=O)O)C3CCOCC3)c2c1. The summed E-state index contributed by atoms with van der Waals surface area (Å²) >= 11 is 0. The Morgan fingerprint density at radius 2 is 2.04 bits per heavy atom. The van der Waals surface area contributed by atoms with Crippen LogP contribution in [0, 0.1) is 11.8 Å². The molecule has 1 amide bonds. The van der Waals surface area contributed by atoms with Crippen LogP contribution < -0.4 is 10.1 Å². The lowest BCUT2D eigenvalue weighted by Crippen LogP contribution is -2.39. The van der Waals surface area contributed by atoms with Gasteiger partial charge in [0, 0.05) is 19.8 Å². The van der Waals surface area contributed by atoms with Crippen LogP contribution in [-0.4, -0.2) is 43.9 Å². The smallest absolute Gasteiger partial charge is 0.308 e. The van der Waals surface area contributed by atoms with Crippen LogP contribution in [0.15, 0.2) is 36.4 Å². The molecule has 0 bridgehead atoms. The predicted molar refractivity (Wildman–Crippen MR) is 102 cm³/mol. The fraction of sp³-hybridized carbons (Fsp3) is 0.429. The summed E-state index contributed by atoms with van der Waals surface area (Å²) in [5.74, 6) is -0.842. The molecule has 1 heterocycles. The van der Waals surface area contributed by atoms with E-state index in [1.165, 1.54) is 0 Å². The predicted octanol–water partition coefficient (Wildman–Crippen LogP) is 2.63. The Balaban J connectivity index is 1.66. The van der Waals surface area contributed by atoms with Gasteiger partial charge in [0.1, 0.15) is 5.75 Å². The number of carbonyl (C=O) groups is 2. The van der Waals surface area contributed by atoms with Gasteiger partial charge in [-0.05, 0) is 47.2 Å². The van der Waals surface area contributed by atoms with Crippen molar-refractivity contribution in [2.45, 2.75) is 19.3 Å². The number of nitrogens with one attached hydrogen (secondary N) is 1. The molecule has 1 aliphatic heterocycles. The number of aliphatic carboxylic acids is 1. The molecule has 0 spiro atoms. The molecule has 1 saturated heterocycles. The fourth-order valence-corrected chi connectivity index (χ4v) is 3.63. The third-order valence-corrected chi connectivity index (χ3v) is 5.20. The first-order valence-electron chi connectivity index (χ1n) is 9.21. The number of fused-ring (bicyclic) bond motifs is 1. The van der Waals surface area contributed by atoms with Crippen molar-refractivity contribution >= 4 is 22.6 Å². The summed E-state index contributed by atoms with van der Waals surface area (Å²) < 4.78 is 10.6. The first-order valence-corrected chi connectivity index (χ1v) is 9.21. The van der Waals surface area contributed by atoms with E-state index in [2.05, 4.69) is 5.32 Å². The van der Waals surface area contributed by atoms with Gasteiger partial charge in [-0.15, -0.1) is 0 Å². The quantitative estimate of drug-likeness (QED) is 0.782. The number of carbonyl (C=O) groups excluding carboxylic acids is 1. The number of methoxy groups -OCH3 is 1. The summed E-state index contributed by atoms with van der Waals surface area (Å²) in [5.41, 5.74) is 0.891. The van der Waals surface area contributed by atoms with Crippen LogP contribution in [0.4, 0.5) is 0 Å². The first-order chi connectivity index (χ1) is 13.1. The van der Waals surface area contributed by atoms with Gasteiger partial charge in [0.05, 0.1) is 19.4 Å². The highest BCUT2D eigenvalue weighted by molar-refractivity contribution is 5.91. The summed E-state index contributed by atoms with van der Waals surface area (Å²) in [7, 11) is 1.61. The maximum atomic E-state index is 12.5. The molecule has 0 aromatic heterocycles. The van der Waals surface area contributed by atoms with E-state index in [4.69, 9.17) is 9.47 Å². The molecule has 2 aromatic rings. The molecule has 1 aliphatic rings. The minimum atomic E-state index is -0.864. The van der Waals surface area contributed by atoms with Gasteiger partial charge in [-0.3, -0.25) is 9.59 Å². The average molecular weight is 371 g/mol. The molecular weight excluding hydrogens is 346 g/mol. The maximum absolute atomic E-state index is 12.5. The minimum absolute atomic E-state index is 0.0402. The van der Waals surface area contributed by atoms with Gasteiger partial charge >= 0.3 is 5.97 Å². The largest absolute Gasteiger partial charge is 0.497 e. The lowest BCUT2D eigenvalue weighted by molar-refractivity contribution is -0.144. The highest BCUT2D eigenvalue weighted by Gasteiger charge is 2.30. The monoisotopic (exact) mass is 371 g/mol. The number of rotatable bonds is 7. The van der Waals surface area contributed by atoms with Crippen molar-refractivity contribution in [2.24, 2.45) is 11.8 Å². The Bertz CT molecular complexity index is 813. The number of hydrogen-bond donors (Lipinski definition) is 2. The van der Waals surface area contributed by atoms with Crippen LogP contribution in [0.5, 0.6) is 5.75 Å². The van der Waals surface area contributed by atoms with Crippen LogP contribution in [-0.2, 0) is 20.7 Å². The van der Waals surface area contributed by atoms with E-state index >= 15 is 0 Å².